The fourth-order valence-corrected chi connectivity index (χ4v) is 4.22. The lowest BCUT2D eigenvalue weighted by Crippen LogP contribution is -2.13. The number of anilines is 2. The number of nitrogens with zero attached hydrogens (tertiary/aromatic N) is 3. The summed E-state index contributed by atoms with van der Waals surface area (Å²) < 4.78 is 27.8. The van der Waals surface area contributed by atoms with Crippen LogP contribution in [0.15, 0.2) is 40.6 Å². The van der Waals surface area contributed by atoms with Crippen molar-refractivity contribution in [2.75, 3.05) is 22.9 Å². The van der Waals surface area contributed by atoms with Gasteiger partial charge in [0.1, 0.15) is 11.6 Å². The summed E-state index contributed by atoms with van der Waals surface area (Å²) in [5, 5.41) is 16.1. The van der Waals surface area contributed by atoms with Crippen LogP contribution in [0.5, 0.6) is 0 Å². The van der Waals surface area contributed by atoms with Crippen molar-refractivity contribution in [2.24, 2.45) is 0 Å². The molecule has 0 atom stereocenters. The van der Waals surface area contributed by atoms with Gasteiger partial charge in [-0.25, -0.2) is 13.8 Å². The van der Waals surface area contributed by atoms with Crippen LogP contribution in [0.3, 0.4) is 0 Å². The van der Waals surface area contributed by atoms with Gasteiger partial charge in [-0.3, -0.25) is 4.79 Å². The second-order valence-corrected chi connectivity index (χ2v) is 8.10. The van der Waals surface area contributed by atoms with E-state index in [1.54, 1.807) is 11.5 Å². The van der Waals surface area contributed by atoms with Gasteiger partial charge in [-0.2, -0.15) is 0 Å². The lowest BCUT2D eigenvalue weighted by atomic mass is 10.1. The van der Waals surface area contributed by atoms with Crippen LogP contribution in [0.4, 0.5) is 19.0 Å². The molecule has 0 fully saturated rings. The smallest absolute Gasteiger partial charge is 0.236 e. The molecule has 140 valence electrons. The maximum Gasteiger partial charge on any atom is 0.236 e. The molecule has 0 bridgehead atoms. The fourth-order valence-electron chi connectivity index (χ4n) is 1.93. The zero-order valence-electron chi connectivity index (χ0n) is 13.7. The highest BCUT2D eigenvalue weighted by Crippen LogP contribution is 2.28. The first-order valence-electron chi connectivity index (χ1n) is 7.57. The Hall–Kier alpha value is -2.37. The summed E-state index contributed by atoms with van der Waals surface area (Å²) >= 11 is 3.72. The molecule has 0 radical (unpaired) electrons. The van der Waals surface area contributed by atoms with Crippen LogP contribution in [-0.2, 0) is 4.79 Å². The summed E-state index contributed by atoms with van der Waals surface area (Å²) in [7, 11) is 0. The Morgan fingerprint density at radius 3 is 2.96 bits per heavy atom. The van der Waals surface area contributed by atoms with E-state index in [9.17, 15) is 13.6 Å². The summed E-state index contributed by atoms with van der Waals surface area (Å²) in [5.74, 6) is -1.29. The molecule has 3 aromatic rings. The fraction of sp³-hybridized carbons (Fsp3) is 0.125. The van der Waals surface area contributed by atoms with Gasteiger partial charge in [0.25, 0.3) is 0 Å². The topological polar surface area (TPSA) is 79.8 Å². The van der Waals surface area contributed by atoms with Crippen LogP contribution in [0.1, 0.15) is 0 Å². The molecule has 0 aliphatic carbocycles. The Labute approximate surface area is 165 Å². The molecule has 0 unspecified atom stereocenters. The molecular weight excluding hydrogens is 412 g/mol. The van der Waals surface area contributed by atoms with Crippen molar-refractivity contribution < 1.29 is 13.6 Å². The van der Waals surface area contributed by atoms with Gasteiger partial charge in [0.15, 0.2) is 9.47 Å². The molecule has 11 heteroatoms. The molecule has 2 heterocycles. The van der Waals surface area contributed by atoms with Crippen molar-refractivity contribution in [3.63, 3.8) is 0 Å². The number of carbonyl (C=O) groups is 1. The molecular formula is C16H13F2N5OS3. The highest BCUT2D eigenvalue weighted by Gasteiger charge is 2.13. The number of aromatic nitrogens is 3. The van der Waals surface area contributed by atoms with Gasteiger partial charge in [0.2, 0.25) is 11.0 Å². The zero-order chi connectivity index (χ0) is 19.2. The summed E-state index contributed by atoms with van der Waals surface area (Å²) in [5.41, 5.74) is 0.316. The Bertz CT molecular complexity index is 959. The van der Waals surface area contributed by atoms with Gasteiger partial charge in [0, 0.05) is 17.5 Å². The van der Waals surface area contributed by atoms with E-state index in [-0.39, 0.29) is 22.9 Å². The van der Waals surface area contributed by atoms with Crippen molar-refractivity contribution in [2.45, 2.75) is 4.34 Å². The largest absolute Gasteiger partial charge is 0.357 e. The maximum atomic E-state index is 13.8. The number of benzene rings is 1. The lowest BCUT2D eigenvalue weighted by molar-refractivity contribution is -0.113. The number of carbonyl (C=O) groups excluding carboxylic acids is 1. The number of hydrogen-bond acceptors (Lipinski definition) is 8. The minimum atomic E-state index is -0.577. The third-order valence-electron chi connectivity index (χ3n) is 3.09. The third-order valence-corrected chi connectivity index (χ3v) is 5.86. The normalized spacial score (nSPS) is 10.6. The molecule has 27 heavy (non-hydrogen) atoms. The van der Waals surface area contributed by atoms with Crippen molar-refractivity contribution in [3.8, 4) is 11.3 Å². The molecule has 0 aliphatic heterocycles. The van der Waals surface area contributed by atoms with E-state index in [0.29, 0.717) is 21.1 Å². The molecule has 0 saturated carbocycles. The van der Waals surface area contributed by atoms with Gasteiger partial charge in [0.05, 0.1) is 11.4 Å². The SMILES string of the molecule is C=CCNc1nnc(SCC(=O)Nc2nc(-c3cc(F)ccc3F)cs2)s1. The van der Waals surface area contributed by atoms with E-state index in [0.717, 1.165) is 29.5 Å². The van der Waals surface area contributed by atoms with Crippen molar-refractivity contribution in [3.05, 3.63) is 47.9 Å². The van der Waals surface area contributed by atoms with Crippen LogP contribution >= 0.6 is 34.4 Å². The summed E-state index contributed by atoms with van der Waals surface area (Å²) in [6.45, 7) is 4.18. The Morgan fingerprint density at radius 1 is 1.30 bits per heavy atom. The summed E-state index contributed by atoms with van der Waals surface area (Å²) in [6, 6.07) is 3.15. The number of amides is 1. The van der Waals surface area contributed by atoms with Gasteiger partial charge in [-0.15, -0.1) is 28.1 Å². The molecule has 2 N–H and O–H groups in total. The average Bonchev–Trinajstić information content (AvgIpc) is 3.29. The molecule has 1 aromatic carbocycles. The number of halogens is 2. The van der Waals surface area contributed by atoms with Gasteiger partial charge in [-0.1, -0.05) is 29.2 Å². The number of rotatable bonds is 8. The number of thiazole rings is 1. The predicted octanol–water partition coefficient (Wildman–Crippen LogP) is 4.27. The molecule has 0 aliphatic rings. The van der Waals surface area contributed by atoms with Crippen LogP contribution in [0, 0.1) is 11.6 Å². The maximum absolute atomic E-state index is 13.8. The first-order valence-corrected chi connectivity index (χ1v) is 10.2. The molecule has 1 amide bonds. The van der Waals surface area contributed by atoms with Crippen LogP contribution < -0.4 is 10.6 Å². The van der Waals surface area contributed by atoms with Gasteiger partial charge < -0.3 is 10.6 Å². The first kappa shape index (κ1) is 19.4. The Kier molecular flexibility index (Phi) is 6.48. The molecule has 0 spiro atoms. The van der Waals surface area contributed by atoms with Gasteiger partial charge in [-0.05, 0) is 18.2 Å². The van der Waals surface area contributed by atoms with Crippen molar-refractivity contribution >= 4 is 50.6 Å². The molecule has 2 aromatic heterocycles. The van der Waals surface area contributed by atoms with E-state index < -0.39 is 11.6 Å². The monoisotopic (exact) mass is 425 g/mol. The number of nitrogens with one attached hydrogen (secondary N) is 2. The molecule has 6 nitrogen and oxygen atoms in total. The van der Waals surface area contributed by atoms with E-state index in [1.165, 1.54) is 23.1 Å². The van der Waals surface area contributed by atoms with E-state index in [1.807, 2.05) is 0 Å². The average molecular weight is 426 g/mol. The standard InChI is InChI=1S/C16H13F2N5OS3/c1-2-5-19-14-22-23-16(27-14)26-8-13(24)21-15-20-12(7-25-15)10-6-9(17)3-4-11(10)18/h2-4,6-7H,1,5,8H2,(H,19,22)(H,20,21,24). The summed E-state index contributed by atoms with van der Waals surface area (Å²) in [4.78, 5) is 16.2. The number of thioether (sulfide) groups is 1. The van der Waals surface area contributed by atoms with Crippen LogP contribution in [0.25, 0.3) is 11.3 Å². The van der Waals surface area contributed by atoms with Crippen molar-refractivity contribution in [1.29, 1.82) is 0 Å². The van der Waals surface area contributed by atoms with Crippen molar-refractivity contribution in [1.82, 2.24) is 15.2 Å². The quantitative estimate of drug-likeness (QED) is 0.415. The Balaban J connectivity index is 1.55. The van der Waals surface area contributed by atoms with E-state index in [4.69, 9.17) is 0 Å². The molecule has 3 rings (SSSR count). The lowest BCUT2D eigenvalue weighted by Gasteiger charge is -2.01. The highest BCUT2D eigenvalue weighted by atomic mass is 32.2. The first-order chi connectivity index (χ1) is 13.0. The van der Waals surface area contributed by atoms with Crippen LogP contribution in [-0.4, -0.2) is 33.4 Å². The second kappa shape index (κ2) is 9.02. The van der Waals surface area contributed by atoms with E-state index >= 15 is 0 Å². The van der Waals surface area contributed by atoms with Gasteiger partial charge >= 0.3 is 0 Å². The third kappa shape index (κ3) is 5.31. The summed E-state index contributed by atoms with van der Waals surface area (Å²) in [6.07, 6.45) is 1.71. The van der Waals surface area contributed by atoms with E-state index in [2.05, 4.69) is 32.4 Å². The highest BCUT2D eigenvalue weighted by molar-refractivity contribution is 8.01. The number of hydrogen-bond donors (Lipinski definition) is 2. The molecule has 0 saturated heterocycles. The predicted molar refractivity (Wildman–Crippen MR) is 105 cm³/mol. The van der Waals surface area contributed by atoms with Crippen LogP contribution in [0.2, 0.25) is 0 Å². The Morgan fingerprint density at radius 2 is 2.15 bits per heavy atom. The minimum Gasteiger partial charge on any atom is -0.357 e. The zero-order valence-corrected chi connectivity index (χ0v) is 16.2. The second-order valence-electron chi connectivity index (χ2n) is 5.04. The minimum absolute atomic E-state index is 0.0505.